The third-order valence-electron chi connectivity index (χ3n) is 2.87. The summed E-state index contributed by atoms with van der Waals surface area (Å²) in [4.78, 5) is 0.114. The van der Waals surface area contributed by atoms with Crippen molar-refractivity contribution >= 4 is 21.8 Å². The van der Waals surface area contributed by atoms with Gasteiger partial charge in [-0.05, 0) is 31.7 Å². The minimum atomic E-state index is -3.62. The molecule has 5 nitrogen and oxygen atoms in total. The van der Waals surface area contributed by atoms with Gasteiger partial charge in [0, 0.05) is 43.9 Å². The number of hydrogen-bond donors (Lipinski definition) is 1. The molecule has 1 heterocycles. The van der Waals surface area contributed by atoms with Crippen molar-refractivity contribution in [3.05, 3.63) is 83.9 Å². The number of hydrogen-bond acceptors (Lipinski definition) is 3. The predicted molar refractivity (Wildman–Crippen MR) is 119 cm³/mol. The van der Waals surface area contributed by atoms with Gasteiger partial charge in [0.15, 0.2) is 0 Å². The van der Waals surface area contributed by atoms with Crippen LogP contribution >= 0.6 is 11.8 Å². The Bertz CT molecular complexity index is 496. The molecule has 2 rings (SSSR count). The number of sulfonamides is 1. The average Bonchev–Trinajstić information content (AvgIpc) is 2.68. The topological polar surface area (TPSA) is 82.6 Å². The van der Waals surface area contributed by atoms with Crippen molar-refractivity contribution in [1.82, 2.24) is 0 Å². The third kappa shape index (κ3) is 21.3. The molecule has 0 amide bonds. The predicted octanol–water partition coefficient (Wildman–Crippen LogP) is 6.16. The molecule has 0 spiro atoms. The van der Waals surface area contributed by atoms with E-state index in [1.807, 2.05) is 6.92 Å². The average molecular weight is 615 g/mol. The second-order valence-electron chi connectivity index (χ2n) is 4.59. The third-order valence-corrected chi connectivity index (χ3v) is 4.46. The minimum Gasteiger partial charge on any atom is -0.637 e. The van der Waals surface area contributed by atoms with Crippen LogP contribution in [0.15, 0.2) is 29.2 Å². The SMILES string of the molecule is Cc1ccc(S(=O)(=O)[N-]Cl)cc1.OC1CCCCC[N-]1.[CH3-].[CH3-].[CH3-].[CH3-].[CH3-].[CH3-].[Rh].[Rh]. The summed E-state index contributed by atoms with van der Waals surface area (Å²) in [6, 6.07) is 6.32. The first-order chi connectivity index (χ1) is 9.45. The smallest absolute Gasteiger partial charge is 0.112 e. The van der Waals surface area contributed by atoms with Gasteiger partial charge in [-0.15, -0.1) is 6.54 Å². The van der Waals surface area contributed by atoms with Crippen LogP contribution in [0.3, 0.4) is 0 Å². The molecule has 1 aliphatic heterocycles. The molecule has 1 aromatic carbocycles. The minimum absolute atomic E-state index is 0. The van der Waals surface area contributed by atoms with E-state index in [0.717, 1.165) is 31.4 Å². The molecular formula is C19H37ClN2O3Rh2S-8. The Morgan fingerprint density at radius 1 is 0.964 bits per heavy atom. The van der Waals surface area contributed by atoms with Gasteiger partial charge in [0.05, 0.1) is 0 Å². The van der Waals surface area contributed by atoms with E-state index < -0.39 is 10.0 Å². The van der Waals surface area contributed by atoms with Crippen LogP contribution in [0.2, 0.25) is 0 Å². The largest absolute Gasteiger partial charge is 0.637 e. The van der Waals surface area contributed by atoms with Gasteiger partial charge in [-0.2, -0.15) is 0 Å². The molecule has 1 N–H and O–H groups in total. The Labute approximate surface area is 207 Å². The van der Waals surface area contributed by atoms with Crippen molar-refractivity contribution in [3.63, 3.8) is 0 Å². The molecule has 1 aromatic rings. The zero-order valence-electron chi connectivity index (χ0n) is 18.0. The van der Waals surface area contributed by atoms with E-state index in [1.165, 1.54) is 18.6 Å². The molecule has 0 bridgehead atoms. The molecule has 0 aliphatic carbocycles. The van der Waals surface area contributed by atoms with Gasteiger partial charge in [-0.1, -0.05) is 37.0 Å². The number of benzene rings is 1. The Morgan fingerprint density at radius 2 is 1.43 bits per heavy atom. The van der Waals surface area contributed by atoms with Crippen LogP contribution in [0.1, 0.15) is 31.2 Å². The molecule has 180 valence electrons. The fourth-order valence-electron chi connectivity index (χ4n) is 1.70. The number of rotatable bonds is 2. The van der Waals surface area contributed by atoms with Gasteiger partial charge < -0.3 is 59.2 Å². The Hall–Kier alpha value is 0.587. The van der Waals surface area contributed by atoms with Crippen molar-refractivity contribution in [2.75, 3.05) is 6.54 Å². The summed E-state index contributed by atoms with van der Waals surface area (Å²) in [5.74, 6) is 0. The summed E-state index contributed by atoms with van der Waals surface area (Å²) >= 11 is 4.90. The van der Waals surface area contributed by atoms with Crippen LogP contribution in [0.5, 0.6) is 0 Å². The molecule has 9 heteroatoms. The van der Waals surface area contributed by atoms with E-state index >= 15 is 0 Å². The maximum absolute atomic E-state index is 11.0. The standard InChI is InChI=1S/C7H7ClNO2S.C6H12NO.6CH3.2Rh/c1-6-2-4-7(5-3-6)12(10,11)9-8;8-6-4-2-1-3-5-7-6;;;;;;;;/h2-5H,1H3;6,8H,1-5H2;6*1H3;;/q8*-1;;. The van der Waals surface area contributed by atoms with E-state index in [-0.39, 0.29) is 94.6 Å². The zero-order valence-corrected chi connectivity index (χ0v) is 22.9. The Morgan fingerprint density at radius 3 is 1.86 bits per heavy atom. The van der Waals surface area contributed by atoms with E-state index in [9.17, 15) is 8.42 Å². The van der Waals surface area contributed by atoms with Crippen molar-refractivity contribution < 1.29 is 52.5 Å². The Kier molecular flexibility index (Phi) is 50.6. The van der Waals surface area contributed by atoms with Crippen molar-refractivity contribution in [1.29, 1.82) is 0 Å². The number of aryl methyl sites for hydroxylation is 1. The molecule has 28 heavy (non-hydrogen) atoms. The van der Waals surface area contributed by atoms with Gasteiger partial charge in [0.2, 0.25) is 0 Å². The summed E-state index contributed by atoms with van der Waals surface area (Å²) in [5, 5.41) is 12.9. The first-order valence-corrected chi connectivity index (χ1v) is 8.23. The Balaban J connectivity index is -0.0000000383. The summed E-state index contributed by atoms with van der Waals surface area (Å²) in [6.07, 6.45) is 4.07. The maximum atomic E-state index is 11.0. The number of aliphatic hydroxyl groups is 1. The van der Waals surface area contributed by atoms with Crippen LogP contribution in [-0.2, 0) is 49.0 Å². The molecule has 0 aromatic heterocycles. The van der Waals surface area contributed by atoms with E-state index in [2.05, 4.69) is 9.56 Å². The molecule has 2 radical (unpaired) electrons. The van der Waals surface area contributed by atoms with Crippen molar-refractivity contribution in [2.24, 2.45) is 0 Å². The molecule has 1 atom stereocenters. The molecule has 1 fully saturated rings. The van der Waals surface area contributed by atoms with Gasteiger partial charge in [0.25, 0.3) is 0 Å². The van der Waals surface area contributed by atoms with Gasteiger partial charge >= 0.3 is 0 Å². The first kappa shape index (κ1) is 51.3. The summed E-state index contributed by atoms with van der Waals surface area (Å²) in [5.41, 5.74) is 0.989. The van der Waals surface area contributed by atoms with E-state index in [4.69, 9.17) is 16.9 Å². The second kappa shape index (κ2) is 27.6. The maximum Gasteiger partial charge on any atom is 0.112 e. The quantitative estimate of drug-likeness (QED) is 0.320. The van der Waals surface area contributed by atoms with Crippen LogP contribution in [0, 0.1) is 51.5 Å². The van der Waals surface area contributed by atoms with Crippen LogP contribution in [0.25, 0.3) is 9.56 Å². The molecule has 1 unspecified atom stereocenters. The molecule has 0 saturated carbocycles. The molecular weight excluding hydrogens is 578 g/mol. The zero-order chi connectivity index (χ0) is 15.0. The monoisotopic (exact) mass is 614 g/mol. The fraction of sp³-hybridized carbons (Fsp3) is 0.368. The summed E-state index contributed by atoms with van der Waals surface area (Å²) < 4.78 is 24.8. The van der Waals surface area contributed by atoms with Gasteiger partial charge in [-0.25, -0.2) is 8.42 Å². The van der Waals surface area contributed by atoms with Crippen molar-refractivity contribution in [3.8, 4) is 0 Å². The fourth-order valence-corrected chi connectivity index (χ4v) is 2.50. The number of nitrogens with zero attached hydrogens (tertiary/aromatic N) is 2. The summed E-state index contributed by atoms with van der Waals surface area (Å²) in [6.45, 7) is 2.73. The van der Waals surface area contributed by atoms with Crippen molar-refractivity contribution in [2.45, 2.75) is 43.7 Å². The number of halogens is 1. The van der Waals surface area contributed by atoms with Crippen LogP contribution in [0.4, 0.5) is 0 Å². The van der Waals surface area contributed by atoms with Gasteiger partial charge in [-0.3, -0.25) is 11.8 Å². The molecule has 1 saturated heterocycles. The first-order valence-electron chi connectivity index (χ1n) is 6.45. The second-order valence-corrected chi connectivity index (χ2v) is 6.57. The molecule has 1 aliphatic rings. The number of aliphatic hydroxyl groups excluding tert-OH is 1. The van der Waals surface area contributed by atoms with E-state index in [0.29, 0.717) is 0 Å². The summed E-state index contributed by atoms with van der Waals surface area (Å²) in [7, 11) is -3.62. The van der Waals surface area contributed by atoms with Crippen LogP contribution < -0.4 is 0 Å². The van der Waals surface area contributed by atoms with Crippen LogP contribution in [-0.4, -0.2) is 26.3 Å². The normalized spacial score (nSPS) is 14.0. The van der Waals surface area contributed by atoms with E-state index in [1.54, 1.807) is 12.1 Å². The van der Waals surface area contributed by atoms with Gasteiger partial charge in [0.1, 0.15) is 10.0 Å².